The Balaban J connectivity index is 3.02. The van der Waals surface area contributed by atoms with E-state index in [9.17, 15) is 35.1 Å². The van der Waals surface area contributed by atoms with Gasteiger partial charge in [-0.1, -0.05) is 6.92 Å². The summed E-state index contributed by atoms with van der Waals surface area (Å²) in [6.07, 6.45) is -13.6. The van der Waals surface area contributed by atoms with Crippen molar-refractivity contribution in [2.24, 2.45) is 0 Å². The van der Waals surface area contributed by atoms with Crippen molar-refractivity contribution in [1.29, 1.82) is 0 Å². The van der Waals surface area contributed by atoms with Crippen molar-refractivity contribution in [3.8, 4) is 0 Å². The summed E-state index contributed by atoms with van der Waals surface area (Å²) < 4.78 is 110. The van der Waals surface area contributed by atoms with Crippen molar-refractivity contribution in [1.82, 2.24) is 9.80 Å². The molecule has 156 valence electrons. The SMILES string of the molecule is CCC1(C)N(CCOC(F)(F)F)C(F)(F)N(CCOC(F)(F)F)C1(C)C. The molecule has 0 saturated carbocycles. The van der Waals surface area contributed by atoms with Crippen LogP contribution in [0.3, 0.4) is 0 Å². The first-order valence-electron chi connectivity index (χ1n) is 7.83. The number of hydrogen-bond donors (Lipinski definition) is 0. The van der Waals surface area contributed by atoms with Crippen LogP contribution in [0.4, 0.5) is 35.1 Å². The van der Waals surface area contributed by atoms with Crippen LogP contribution in [0.2, 0.25) is 0 Å². The molecule has 0 aromatic carbocycles. The van der Waals surface area contributed by atoms with Crippen molar-refractivity contribution in [3.63, 3.8) is 0 Å². The van der Waals surface area contributed by atoms with Crippen LogP contribution in [-0.4, -0.2) is 66.1 Å². The second-order valence-corrected chi connectivity index (χ2v) is 6.59. The summed E-state index contributed by atoms with van der Waals surface area (Å²) in [6, 6.07) is 0. The van der Waals surface area contributed by atoms with E-state index in [0.717, 1.165) is 0 Å². The van der Waals surface area contributed by atoms with Crippen LogP contribution in [0.15, 0.2) is 0 Å². The molecule has 0 amide bonds. The lowest BCUT2D eigenvalue weighted by atomic mass is 9.78. The Morgan fingerprint density at radius 1 is 0.769 bits per heavy atom. The standard InChI is InChI=1S/C14H22F8N2O2/c1-5-11(4)10(2,3)23(6-8-25-12(15,16)17)14(21,22)24(11)7-9-26-13(18,19)20/h5-9H2,1-4H3. The van der Waals surface area contributed by atoms with Gasteiger partial charge >= 0.3 is 18.9 Å². The molecule has 0 aliphatic carbocycles. The van der Waals surface area contributed by atoms with Crippen molar-refractivity contribution < 1.29 is 44.6 Å². The van der Waals surface area contributed by atoms with Crippen molar-refractivity contribution in [3.05, 3.63) is 0 Å². The molecule has 1 unspecified atom stereocenters. The van der Waals surface area contributed by atoms with E-state index in [2.05, 4.69) is 9.47 Å². The van der Waals surface area contributed by atoms with Gasteiger partial charge in [-0.05, 0) is 27.2 Å². The third-order valence-corrected chi connectivity index (χ3v) is 5.09. The van der Waals surface area contributed by atoms with Crippen LogP contribution in [0.5, 0.6) is 0 Å². The van der Waals surface area contributed by atoms with Crippen LogP contribution < -0.4 is 0 Å². The molecular weight excluding hydrogens is 380 g/mol. The molecule has 0 radical (unpaired) electrons. The van der Waals surface area contributed by atoms with Crippen LogP contribution in [-0.2, 0) is 9.47 Å². The maximum absolute atomic E-state index is 14.9. The summed E-state index contributed by atoms with van der Waals surface area (Å²) in [4.78, 5) is 1.06. The molecular formula is C14H22F8N2O2. The van der Waals surface area contributed by atoms with E-state index in [-0.39, 0.29) is 6.42 Å². The van der Waals surface area contributed by atoms with Gasteiger partial charge in [0.25, 0.3) is 0 Å². The normalized spacial score (nSPS) is 27.2. The second-order valence-electron chi connectivity index (χ2n) is 6.59. The fraction of sp³-hybridized carbons (Fsp3) is 1.00. The number of rotatable bonds is 7. The Kier molecular flexibility index (Phi) is 6.60. The lowest BCUT2D eigenvalue weighted by Crippen LogP contribution is -2.56. The zero-order valence-electron chi connectivity index (χ0n) is 14.8. The summed E-state index contributed by atoms with van der Waals surface area (Å²) >= 11 is 0. The van der Waals surface area contributed by atoms with Gasteiger partial charge in [0.05, 0.1) is 13.2 Å². The Morgan fingerprint density at radius 3 is 1.50 bits per heavy atom. The van der Waals surface area contributed by atoms with Gasteiger partial charge in [-0.3, -0.25) is 9.47 Å². The minimum Gasteiger partial charge on any atom is -0.291 e. The van der Waals surface area contributed by atoms with Crippen molar-refractivity contribution in [2.75, 3.05) is 26.3 Å². The van der Waals surface area contributed by atoms with Gasteiger partial charge in [-0.25, -0.2) is 9.80 Å². The molecule has 0 aromatic rings. The third kappa shape index (κ3) is 4.76. The largest absolute Gasteiger partial charge is 0.522 e. The Labute approximate surface area is 146 Å². The summed E-state index contributed by atoms with van der Waals surface area (Å²) in [5, 5.41) is 0. The van der Waals surface area contributed by atoms with E-state index < -0.39 is 56.3 Å². The highest BCUT2D eigenvalue weighted by molar-refractivity contribution is 5.13. The molecule has 1 saturated heterocycles. The minimum atomic E-state index is -4.96. The first-order chi connectivity index (χ1) is 11.5. The van der Waals surface area contributed by atoms with Gasteiger partial charge in [0.2, 0.25) is 0 Å². The molecule has 1 rings (SSSR count). The van der Waals surface area contributed by atoms with E-state index >= 15 is 0 Å². The number of ether oxygens (including phenoxy) is 2. The first-order valence-corrected chi connectivity index (χ1v) is 7.83. The average Bonchev–Trinajstić information content (AvgIpc) is 2.54. The quantitative estimate of drug-likeness (QED) is 0.471. The maximum atomic E-state index is 14.9. The summed E-state index contributed by atoms with van der Waals surface area (Å²) in [6.45, 7) is 2.24. The molecule has 26 heavy (non-hydrogen) atoms. The molecule has 1 fully saturated rings. The topological polar surface area (TPSA) is 24.9 Å². The van der Waals surface area contributed by atoms with Crippen LogP contribution in [0, 0.1) is 0 Å². The van der Waals surface area contributed by atoms with Crippen LogP contribution >= 0.6 is 0 Å². The molecule has 1 heterocycles. The molecule has 0 bridgehead atoms. The Morgan fingerprint density at radius 2 is 1.15 bits per heavy atom. The number of nitrogens with zero attached hydrogens (tertiary/aromatic N) is 2. The molecule has 1 atom stereocenters. The average molecular weight is 402 g/mol. The van der Waals surface area contributed by atoms with Crippen LogP contribution in [0.1, 0.15) is 34.1 Å². The van der Waals surface area contributed by atoms with Gasteiger partial charge in [0.1, 0.15) is 0 Å². The summed E-state index contributed by atoms with van der Waals surface area (Å²) in [7, 11) is 0. The zero-order chi connectivity index (χ0) is 20.6. The zero-order valence-corrected chi connectivity index (χ0v) is 14.8. The molecule has 1 aliphatic heterocycles. The van der Waals surface area contributed by atoms with Gasteiger partial charge in [0, 0.05) is 24.2 Å². The van der Waals surface area contributed by atoms with Gasteiger partial charge < -0.3 is 0 Å². The van der Waals surface area contributed by atoms with E-state index in [1.54, 1.807) is 6.92 Å². The second kappa shape index (κ2) is 7.36. The molecule has 12 heteroatoms. The molecule has 0 N–H and O–H groups in total. The third-order valence-electron chi connectivity index (χ3n) is 5.09. The Bertz CT molecular complexity index is 481. The van der Waals surface area contributed by atoms with Gasteiger partial charge in [-0.2, -0.15) is 8.78 Å². The van der Waals surface area contributed by atoms with E-state index in [1.165, 1.54) is 20.8 Å². The smallest absolute Gasteiger partial charge is 0.291 e. The lowest BCUT2D eigenvalue weighted by Gasteiger charge is -2.43. The molecule has 0 spiro atoms. The van der Waals surface area contributed by atoms with E-state index in [0.29, 0.717) is 9.80 Å². The maximum Gasteiger partial charge on any atom is 0.522 e. The monoisotopic (exact) mass is 402 g/mol. The van der Waals surface area contributed by atoms with Gasteiger partial charge in [0.15, 0.2) is 0 Å². The van der Waals surface area contributed by atoms with Gasteiger partial charge in [-0.15, -0.1) is 26.3 Å². The highest BCUT2D eigenvalue weighted by atomic mass is 19.4. The molecule has 0 aromatic heterocycles. The molecule has 4 nitrogen and oxygen atoms in total. The molecule has 1 aliphatic rings. The predicted octanol–water partition coefficient (Wildman–Crippen LogP) is 4.17. The predicted molar refractivity (Wildman–Crippen MR) is 75.1 cm³/mol. The fourth-order valence-corrected chi connectivity index (χ4v) is 3.32. The van der Waals surface area contributed by atoms with Crippen LogP contribution in [0.25, 0.3) is 0 Å². The highest BCUT2D eigenvalue weighted by Crippen LogP contribution is 2.51. The summed E-state index contributed by atoms with van der Waals surface area (Å²) in [5.74, 6) is 0. The Hall–Kier alpha value is -0.720. The number of halogens is 8. The van der Waals surface area contributed by atoms with E-state index in [4.69, 9.17) is 0 Å². The number of alkyl halides is 8. The minimum absolute atomic E-state index is 0.123. The van der Waals surface area contributed by atoms with Crippen molar-refractivity contribution >= 4 is 0 Å². The van der Waals surface area contributed by atoms with E-state index in [1.807, 2.05) is 0 Å². The first kappa shape index (κ1) is 23.3. The number of hydrogen-bond acceptors (Lipinski definition) is 4. The van der Waals surface area contributed by atoms with Crippen molar-refractivity contribution in [2.45, 2.75) is 64.1 Å². The fourth-order valence-electron chi connectivity index (χ4n) is 3.32. The highest BCUT2D eigenvalue weighted by Gasteiger charge is 2.68. The summed E-state index contributed by atoms with van der Waals surface area (Å²) in [5.41, 5.74) is -2.66. The lowest BCUT2D eigenvalue weighted by molar-refractivity contribution is -0.332.